The molecule has 2 N–H and O–H groups in total. The fraction of sp³-hybridized carbons (Fsp3) is 0.600. The van der Waals surface area contributed by atoms with Crippen molar-refractivity contribution in [3.05, 3.63) is 46.5 Å². The van der Waals surface area contributed by atoms with Gasteiger partial charge in [0.1, 0.15) is 40.7 Å². The molecule has 0 saturated carbocycles. The van der Waals surface area contributed by atoms with Gasteiger partial charge in [0.15, 0.2) is 5.72 Å². The fourth-order valence-electron chi connectivity index (χ4n) is 6.49. The molecule has 1 unspecified atom stereocenters. The van der Waals surface area contributed by atoms with Crippen molar-refractivity contribution in [2.24, 2.45) is 5.92 Å². The Kier molecular flexibility index (Phi) is 12.6. The van der Waals surface area contributed by atoms with E-state index >= 15 is 0 Å². The molecule has 0 aliphatic carbocycles. The first kappa shape index (κ1) is 39.5. The van der Waals surface area contributed by atoms with Crippen LogP contribution < -0.4 is 15.0 Å². The highest BCUT2D eigenvalue weighted by atomic mass is 35.5. The third-order valence-corrected chi connectivity index (χ3v) is 10.5. The summed E-state index contributed by atoms with van der Waals surface area (Å²) in [5, 5.41) is 14.4. The minimum Gasteiger partial charge on any atom is -0.495 e. The number of rotatable bonds is 7. The molecule has 3 aliphatic heterocycles. The number of alkyl carbamates (subject to hydrolysis) is 1. The number of ether oxygens (including phenoxy) is 5. The first-order chi connectivity index (χ1) is 23.5. The number of carbonyl (C=O) groups is 4. The number of halogens is 1. The van der Waals surface area contributed by atoms with Crippen molar-refractivity contribution in [3.8, 4) is 5.75 Å². The van der Waals surface area contributed by atoms with E-state index in [1.807, 2.05) is 13.0 Å². The molecular formula is C35H48ClN3O10S. The maximum Gasteiger partial charge on any atom is 0.409 e. The molecule has 4 rings (SSSR count). The predicted octanol–water partition coefficient (Wildman–Crippen LogP) is 3.83. The highest BCUT2D eigenvalue weighted by Crippen LogP contribution is 2.49. The highest BCUT2D eigenvalue weighted by molar-refractivity contribution is 7.80. The van der Waals surface area contributed by atoms with Gasteiger partial charge in [0.2, 0.25) is 11.8 Å². The topological polar surface area (TPSA) is 156 Å². The van der Waals surface area contributed by atoms with E-state index in [1.165, 1.54) is 38.0 Å². The van der Waals surface area contributed by atoms with Crippen LogP contribution in [0.1, 0.15) is 52.5 Å². The number of benzene rings is 1. The van der Waals surface area contributed by atoms with E-state index in [9.17, 15) is 24.3 Å². The van der Waals surface area contributed by atoms with E-state index in [4.69, 9.17) is 35.3 Å². The van der Waals surface area contributed by atoms with Gasteiger partial charge in [-0.25, -0.2) is 9.59 Å². The number of epoxide rings is 1. The average molecular weight is 738 g/mol. The Labute approximate surface area is 303 Å². The number of likely N-dealkylation sites (N-methyl/N-ethyl adjacent to an activating group) is 1. The number of aliphatic hydroxyl groups is 1. The molecule has 0 radical (unpaired) electrons. The van der Waals surface area contributed by atoms with Crippen molar-refractivity contribution in [1.82, 2.24) is 10.2 Å². The monoisotopic (exact) mass is 737 g/mol. The summed E-state index contributed by atoms with van der Waals surface area (Å²) in [4.78, 5) is 55.6. The third-order valence-electron chi connectivity index (χ3n) is 9.85. The molecule has 2 fully saturated rings. The summed E-state index contributed by atoms with van der Waals surface area (Å²) in [7, 11) is 5.98. The quantitative estimate of drug-likeness (QED) is 0.214. The maximum atomic E-state index is 14.0. The first-order valence-corrected chi connectivity index (χ1v) is 17.5. The number of allylic oxidation sites excluding steroid dienone is 3. The van der Waals surface area contributed by atoms with Crippen molar-refractivity contribution in [1.29, 1.82) is 0 Å². The third kappa shape index (κ3) is 8.42. The van der Waals surface area contributed by atoms with Crippen LogP contribution in [0.4, 0.5) is 10.5 Å². The minimum atomic E-state index is -1.82. The second kappa shape index (κ2) is 15.9. The second-order valence-corrected chi connectivity index (χ2v) is 14.2. The number of thiol groups is 1. The lowest BCUT2D eigenvalue weighted by atomic mass is 9.83. The molecule has 0 aromatic heterocycles. The zero-order chi connectivity index (χ0) is 37.1. The Bertz CT molecular complexity index is 1540. The molecule has 3 amide bonds. The number of fused-ring (bicyclic) bond motifs is 5. The molecule has 8 atom stereocenters. The van der Waals surface area contributed by atoms with Gasteiger partial charge in [0.05, 0.1) is 25.3 Å². The van der Waals surface area contributed by atoms with Crippen molar-refractivity contribution >= 4 is 53.8 Å². The summed E-state index contributed by atoms with van der Waals surface area (Å²) in [6.07, 6.45) is 1.08. The number of carbonyl (C=O) groups excluding carboxylic acids is 4. The van der Waals surface area contributed by atoms with Crippen LogP contribution in [0.15, 0.2) is 35.9 Å². The normalized spacial score (nSPS) is 32.3. The van der Waals surface area contributed by atoms with E-state index in [1.54, 1.807) is 45.2 Å². The first-order valence-electron chi connectivity index (χ1n) is 16.4. The van der Waals surface area contributed by atoms with Crippen LogP contribution in [0.3, 0.4) is 0 Å². The highest BCUT2D eigenvalue weighted by Gasteiger charge is 2.64. The van der Waals surface area contributed by atoms with Gasteiger partial charge in [-0.3, -0.25) is 14.9 Å². The molecular weight excluding hydrogens is 690 g/mol. The van der Waals surface area contributed by atoms with Gasteiger partial charge >= 0.3 is 12.1 Å². The number of hydrogen-bond donors (Lipinski definition) is 3. The standard InChI is InChI=1S/C35H48ClN3O10S/c1-19-10-9-11-26(46-8)35(44)18-25(47-33(43)37-35)20(2)31-34(4,49-31)27(48-32(42)21(3)38(5)28(40)12-13-50)17-29(41)39(6)23-15-22(14-19)16-24(45-7)30(23)36/h9-11,15-16,20-21,25-27,31,44,50H,12-14,17-18H2,1-8H3,(H,37,43)/b11-9-,19-10+/t20-,21+,25+,26-,27-,31?,34+,35+/m1/s1. The Morgan fingerprint density at radius 1 is 1.28 bits per heavy atom. The zero-order valence-electron chi connectivity index (χ0n) is 29.7. The molecule has 15 heteroatoms. The molecule has 276 valence electrons. The zero-order valence-corrected chi connectivity index (χ0v) is 31.4. The SMILES string of the molecule is COc1cc2cc(c1Cl)N(C)C(=O)C[C@@H](OC(=O)[C@H](C)N(C)C(=O)CCS)[C@]1(C)OC1[C@H](C)[C@@H]1C[C@@](O)(NC(=O)O1)[C@H](OC)/C=C\C=C(/C)C2. The predicted molar refractivity (Wildman–Crippen MR) is 189 cm³/mol. The number of esters is 1. The lowest BCUT2D eigenvalue weighted by Crippen LogP contribution is -2.63. The Morgan fingerprint density at radius 3 is 2.62 bits per heavy atom. The Hall–Kier alpha value is -3.30. The molecule has 3 heterocycles. The molecule has 13 nitrogen and oxygen atoms in total. The van der Waals surface area contributed by atoms with Crippen LogP contribution >= 0.6 is 24.2 Å². The van der Waals surface area contributed by atoms with Crippen LogP contribution in [0, 0.1) is 5.92 Å². The van der Waals surface area contributed by atoms with Crippen LogP contribution in [-0.2, 0) is 39.8 Å². The van der Waals surface area contributed by atoms with Crippen molar-refractivity contribution in [2.75, 3.05) is 39.0 Å². The molecule has 50 heavy (non-hydrogen) atoms. The average Bonchev–Trinajstić information content (AvgIpc) is 3.76. The number of methoxy groups -OCH3 is 2. The molecule has 1 aromatic carbocycles. The van der Waals surface area contributed by atoms with E-state index < -0.39 is 65.7 Å². The Balaban J connectivity index is 1.78. The van der Waals surface area contributed by atoms with E-state index in [0.717, 1.165) is 11.1 Å². The van der Waals surface area contributed by atoms with Crippen molar-refractivity contribution in [3.63, 3.8) is 0 Å². The van der Waals surface area contributed by atoms with E-state index in [-0.39, 0.29) is 30.2 Å². The smallest absolute Gasteiger partial charge is 0.409 e. The number of nitrogens with zero attached hydrogens (tertiary/aromatic N) is 2. The summed E-state index contributed by atoms with van der Waals surface area (Å²) < 4.78 is 29.0. The summed E-state index contributed by atoms with van der Waals surface area (Å²) in [6.45, 7) is 6.96. The summed E-state index contributed by atoms with van der Waals surface area (Å²) in [6, 6.07) is 2.60. The number of amides is 3. The van der Waals surface area contributed by atoms with Gasteiger partial charge < -0.3 is 38.6 Å². The lowest BCUT2D eigenvalue weighted by molar-refractivity contribution is -0.161. The molecule has 2 saturated heterocycles. The second-order valence-electron chi connectivity index (χ2n) is 13.4. The van der Waals surface area contributed by atoms with Gasteiger partial charge in [-0.1, -0.05) is 42.3 Å². The van der Waals surface area contributed by atoms with Crippen LogP contribution in [-0.4, -0.2) is 110 Å². The minimum absolute atomic E-state index is 0.0489. The largest absolute Gasteiger partial charge is 0.495 e. The molecule has 3 aliphatic rings. The van der Waals surface area contributed by atoms with E-state index in [2.05, 4.69) is 17.9 Å². The van der Waals surface area contributed by atoms with Crippen LogP contribution in [0.5, 0.6) is 5.75 Å². The van der Waals surface area contributed by atoms with Gasteiger partial charge in [-0.2, -0.15) is 12.6 Å². The number of nitrogens with one attached hydrogen (secondary N) is 1. The van der Waals surface area contributed by atoms with Crippen LogP contribution in [0.2, 0.25) is 5.02 Å². The van der Waals surface area contributed by atoms with E-state index in [0.29, 0.717) is 23.6 Å². The number of anilines is 1. The summed E-state index contributed by atoms with van der Waals surface area (Å²) in [5.74, 6) is -1.30. The van der Waals surface area contributed by atoms with Gasteiger partial charge in [0, 0.05) is 40.0 Å². The fourth-order valence-corrected chi connectivity index (χ4v) is 6.99. The van der Waals surface area contributed by atoms with Gasteiger partial charge in [0.25, 0.3) is 0 Å². The molecule has 1 aromatic rings. The number of hydrogen-bond acceptors (Lipinski definition) is 11. The summed E-state index contributed by atoms with van der Waals surface area (Å²) >= 11 is 10.8. The van der Waals surface area contributed by atoms with Crippen molar-refractivity contribution in [2.45, 2.75) is 95.2 Å². The van der Waals surface area contributed by atoms with Crippen LogP contribution in [0.25, 0.3) is 0 Å². The Morgan fingerprint density at radius 2 is 1.98 bits per heavy atom. The summed E-state index contributed by atoms with van der Waals surface area (Å²) in [5.41, 5.74) is -0.903. The van der Waals surface area contributed by atoms with Crippen molar-refractivity contribution < 1.29 is 48.0 Å². The lowest BCUT2D eigenvalue weighted by Gasteiger charge is -2.42. The molecule has 4 bridgehead atoms. The van der Waals surface area contributed by atoms with Gasteiger partial charge in [-0.05, 0) is 50.6 Å². The molecule has 0 spiro atoms. The van der Waals surface area contributed by atoms with Gasteiger partial charge in [-0.15, -0.1) is 0 Å². The maximum absolute atomic E-state index is 14.0.